The molecule has 1 aliphatic heterocycles. The van der Waals surface area contributed by atoms with E-state index in [1.807, 2.05) is 47.8 Å². The molecular formula is C23H19N3O4S. The predicted molar refractivity (Wildman–Crippen MR) is 119 cm³/mol. The van der Waals surface area contributed by atoms with Gasteiger partial charge in [-0.15, -0.1) is 11.3 Å². The molecule has 0 aliphatic carbocycles. The number of hydrogen-bond donors (Lipinski definition) is 1. The second-order valence-corrected chi connectivity index (χ2v) is 8.03. The number of para-hydroxylation sites is 1. The van der Waals surface area contributed by atoms with Crippen molar-refractivity contribution in [1.82, 2.24) is 4.98 Å². The molecule has 3 heterocycles. The standard InChI is InChI=1S/C23H19N3O4S/c27-21(13-29-17-7-3-6-16(12-17)26-10-4-9-22(26)28)25-23-24-18(14-31-23)20-11-15-5-1-2-8-19(15)30-20/h1-3,5-8,11-12,14H,4,9-10,13H2,(H,24,25,27). The first-order valence-electron chi connectivity index (χ1n) is 9.93. The Morgan fingerprint density at radius 2 is 2.10 bits per heavy atom. The van der Waals surface area contributed by atoms with Gasteiger partial charge in [0.15, 0.2) is 17.5 Å². The fourth-order valence-corrected chi connectivity index (χ4v) is 4.23. The Morgan fingerprint density at radius 1 is 1.19 bits per heavy atom. The van der Waals surface area contributed by atoms with Crippen molar-refractivity contribution in [3.8, 4) is 17.2 Å². The molecule has 1 aliphatic rings. The molecule has 1 saturated heterocycles. The largest absolute Gasteiger partial charge is 0.484 e. The van der Waals surface area contributed by atoms with Crippen LogP contribution in [0, 0.1) is 0 Å². The Morgan fingerprint density at radius 3 is 2.94 bits per heavy atom. The highest BCUT2D eigenvalue weighted by molar-refractivity contribution is 7.14. The minimum absolute atomic E-state index is 0.110. The molecule has 1 fully saturated rings. The number of ether oxygens (including phenoxy) is 1. The number of fused-ring (bicyclic) bond motifs is 1. The van der Waals surface area contributed by atoms with Crippen LogP contribution in [0.3, 0.4) is 0 Å². The molecule has 0 atom stereocenters. The molecule has 2 aromatic heterocycles. The summed E-state index contributed by atoms with van der Waals surface area (Å²) in [5.74, 6) is 0.990. The molecule has 2 amide bonds. The first kappa shape index (κ1) is 19.3. The van der Waals surface area contributed by atoms with E-state index in [1.165, 1.54) is 11.3 Å². The number of thiazole rings is 1. The SMILES string of the molecule is O=C(COc1cccc(N2CCCC2=O)c1)Nc1nc(-c2cc3ccccc3o2)cs1. The third-order valence-corrected chi connectivity index (χ3v) is 5.76. The number of aromatic nitrogens is 1. The normalized spacial score (nSPS) is 13.7. The molecule has 0 unspecified atom stereocenters. The second kappa shape index (κ2) is 8.23. The van der Waals surface area contributed by atoms with Crippen molar-refractivity contribution in [3.05, 3.63) is 60.0 Å². The van der Waals surface area contributed by atoms with Gasteiger partial charge >= 0.3 is 0 Å². The van der Waals surface area contributed by atoms with Crippen LogP contribution in [0.15, 0.2) is 64.4 Å². The number of nitrogens with one attached hydrogen (secondary N) is 1. The first-order chi connectivity index (χ1) is 15.2. The van der Waals surface area contributed by atoms with E-state index >= 15 is 0 Å². The van der Waals surface area contributed by atoms with Crippen molar-refractivity contribution < 1.29 is 18.7 Å². The number of carbonyl (C=O) groups is 2. The van der Waals surface area contributed by atoms with E-state index in [4.69, 9.17) is 9.15 Å². The van der Waals surface area contributed by atoms with Crippen LogP contribution in [0.4, 0.5) is 10.8 Å². The van der Waals surface area contributed by atoms with E-state index in [0.29, 0.717) is 35.3 Å². The molecule has 7 nitrogen and oxygen atoms in total. The van der Waals surface area contributed by atoms with E-state index in [9.17, 15) is 9.59 Å². The van der Waals surface area contributed by atoms with Gasteiger partial charge in [-0.1, -0.05) is 24.3 Å². The molecule has 4 aromatic rings. The van der Waals surface area contributed by atoms with Crippen LogP contribution in [-0.2, 0) is 9.59 Å². The van der Waals surface area contributed by atoms with E-state index in [-0.39, 0.29) is 18.4 Å². The number of anilines is 2. The lowest BCUT2D eigenvalue weighted by Crippen LogP contribution is -2.24. The topological polar surface area (TPSA) is 84.7 Å². The molecule has 31 heavy (non-hydrogen) atoms. The number of amides is 2. The van der Waals surface area contributed by atoms with Crippen LogP contribution in [-0.4, -0.2) is 29.9 Å². The fraction of sp³-hybridized carbons (Fsp3) is 0.174. The monoisotopic (exact) mass is 433 g/mol. The fourth-order valence-electron chi connectivity index (χ4n) is 3.52. The number of benzene rings is 2. The van der Waals surface area contributed by atoms with E-state index < -0.39 is 0 Å². The molecule has 0 spiro atoms. The summed E-state index contributed by atoms with van der Waals surface area (Å²) in [7, 11) is 0. The Bertz CT molecular complexity index is 1230. The number of rotatable bonds is 6. The van der Waals surface area contributed by atoms with Crippen molar-refractivity contribution in [1.29, 1.82) is 0 Å². The molecule has 156 valence electrons. The van der Waals surface area contributed by atoms with Crippen LogP contribution >= 0.6 is 11.3 Å². The van der Waals surface area contributed by atoms with Gasteiger partial charge in [-0.05, 0) is 30.7 Å². The summed E-state index contributed by atoms with van der Waals surface area (Å²) < 4.78 is 11.4. The molecule has 0 radical (unpaired) electrons. The molecule has 0 saturated carbocycles. The van der Waals surface area contributed by atoms with Crippen LogP contribution in [0.2, 0.25) is 0 Å². The first-order valence-corrected chi connectivity index (χ1v) is 10.8. The maximum absolute atomic E-state index is 12.3. The van der Waals surface area contributed by atoms with Gasteiger partial charge in [0.25, 0.3) is 5.91 Å². The zero-order valence-electron chi connectivity index (χ0n) is 16.5. The predicted octanol–water partition coefficient (Wildman–Crippen LogP) is 4.70. The third kappa shape index (κ3) is 4.15. The van der Waals surface area contributed by atoms with Crippen molar-refractivity contribution >= 4 is 44.9 Å². The highest BCUT2D eigenvalue weighted by Gasteiger charge is 2.22. The van der Waals surface area contributed by atoms with Gasteiger partial charge in [0, 0.05) is 35.5 Å². The maximum atomic E-state index is 12.3. The number of nitrogens with zero attached hydrogens (tertiary/aromatic N) is 2. The quantitative estimate of drug-likeness (QED) is 0.476. The van der Waals surface area contributed by atoms with Crippen molar-refractivity contribution in [3.63, 3.8) is 0 Å². The zero-order valence-corrected chi connectivity index (χ0v) is 17.4. The lowest BCUT2D eigenvalue weighted by atomic mass is 10.2. The van der Waals surface area contributed by atoms with Crippen LogP contribution < -0.4 is 15.0 Å². The van der Waals surface area contributed by atoms with Crippen molar-refractivity contribution in [2.24, 2.45) is 0 Å². The zero-order chi connectivity index (χ0) is 21.2. The average Bonchev–Trinajstić information content (AvgIpc) is 3.51. The van der Waals surface area contributed by atoms with Crippen LogP contribution in [0.25, 0.3) is 22.4 Å². The lowest BCUT2D eigenvalue weighted by Gasteiger charge is -2.16. The highest BCUT2D eigenvalue weighted by atomic mass is 32.1. The van der Waals surface area contributed by atoms with Gasteiger partial charge in [0.05, 0.1) is 0 Å². The summed E-state index contributed by atoms with van der Waals surface area (Å²) in [5.41, 5.74) is 2.25. The minimum atomic E-state index is -0.312. The summed E-state index contributed by atoms with van der Waals surface area (Å²) in [6, 6.07) is 16.9. The summed E-state index contributed by atoms with van der Waals surface area (Å²) in [5, 5.41) is 6.06. The average molecular weight is 433 g/mol. The molecule has 2 aromatic carbocycles. The minimum Gasteiger partial charge on any atom is -0.484 e. The molecular weight excluding hydrogens is 414 g/mol. The van der Waals surface area contributed by atoms with Gasteiger partial charge in [-0.2, -0.15) is 0 Å². The van der Waals surface area contributed by atoms with Gasteiger partial charge in [-0.3, -0.25) is 14.9 Å². The van der Waals surface area contributed by atoms with E-state index in [0.717, 1.165) is 23.1 Å². The van der Waals surface area contributed by atoms with Gasteiger partial charge in [-0.25, -0.2) is 4.98 Å². The smallest absolute Gasteiger partial charge is 0.264 e. The van der Waals surface area contributed by atoms with Gasteiger partial charge in [0.2, 0.25) is 5.91 Å². The van der Waals surface area contributed by atoms with E-state index in [2.05, 4.69) is 10.3 Å². The summed E-state index contributed by atoms with van der Waals surface area (Å²) in [6.45, 7) is 0.553. The molecule has 5 rings (SSSR count). The third-order valence-electron chi connectivity index (χ3n) is 5.00. The Balaban J connectivity index is 1.20. The Hall–Kier alpha value is -3.65. The molecule has 1 N–H and O–H groups in total. The highest BCUT2D eigenvalue weighted by Crippen LogP contribution is 2.30. The Kier molecular flexibility index (Phi) is 5.13. The van der Waals surface area contributed by atoms with Gasteiger partial charge in [0.1, 0.15) is 17.0 Å². The Labute approximate surface area is 182 Å². The number of hydrogen-bond acceptors (Lipinski definition) is 6. The van der Waals surface area contributed by atoms with Crippen molar-refractivity contribution in [2.75, 3.05) is 23.4 Å². The molecule has 8 heteroatoms. The van der Waals surface area contributed by atoms with Crippen LogP contribution in [0.5, 0.6) is 5.75 Å². The number of furan rings is 1. The van der Waals surface area contributed by atoms with Crippen molar-refractivity contribution in [2.45, 2.75) is 12.8 Å². The van der Waals surface area contributed by atoms with Gasteiger partial charge < -0.3 is 14.1 Å². The maximum Gasteiger partial charge on any atom is 0.264 e. The van der Waals surface area contributed by atoms with Crippen LogP contribution in [0.1, 0.15) is 12.8 Å². The second-order valence-electron chi connectivity index (χ2n) is 7.17. The van der Waals surface area contributed by atoms with E-state index in [1.54, 1.807) is 17.0 Å². The molecule has 0 bridgehead atoms. The lowest BCUT2D eigenvalue weighted by molar-refractivity contribution is -0.118. The summed E-state index contributed by atoms with van der Waals surface area (Å²) in [6.07, 6.45) is 1.42. The summed E-state index contributed by atoms with van der Waals surface area (Å²) >= 11 is 1.32. The number of carbonyl (C=O) groups excluding carboxylic acids is 2. The summed E-state index contributed by atoms with van der Waals surface area (Å²) in [4.78, 5) is 30.4.